The molecule has 0 aliphatic carbocycles. The van der Waals surface area contributed by atoms with Crippen molar-refractivity contribution >= 4 is 54.5 Å². The molecule has 0 radical (unpaired) electrons. The lowest BCUT2D eigenvalue weighted by Gasteiger charge is -2.32. The largest absolute Gasteiger partial charge is 0.454 e. The first-order chi connectivity index (χ1) is 29.5. The van der Waals surface area contributed by atoms with Gasteiger partial charge in [0.15, 0.2) is 25.4 Å². The monoisotopic (exact) mass is 829 g/mol. The number of hydrogen-bond donors (Lipinski definition) is 2. The zero-order valence-electron chi connectivity index (χ0n) is 33.8. The fourth-order valence-electron chi connectivity index (χ4n) is 9.87. The quantitative estimate of drug-likeness (QED) is 0.152. The minimum Gasteiger partial charge on any atom is -0.454 e. The number of carbonyl (C=O) groups is 3. The standard InChI is InChI=1S/C49H43N3O8Si/c1-30-45(61(2,3)57)44(25-26-53)60-49(30)36-28-33(52-39-18-7-11-22-43(39)59-41-20-9-5-16-35(41)47(52)55)23-24-37(36)50(48(49)56)29-31-13-12-14-32(27-31)51-38-17-6-10-21-42(38)58-40-19-8-4-15-34(40)46(51)54/h4-24,27-28,30,44-45,53,57H,25-26,29H2,1-3H3/t30-,44+,45-,49+/m0/s1. The second-order valence-corrected chi connectivity index (χ2v) is 20.5. The van der Waals surface area contributed by atoms with E-state index in [-0.39, 0.29) is 37.3 Å². The zero-order chi connectivity index (χ0) is 42.2. The van der Waals surface area contributed by atoms with Crippen LogP contribution in [0.2, 0.25) is 18.6 Å². The Hall–Kier alpha value is -6.57. The Labute approximate surface area is 354 Å². The van der Waals surface area contributed by atoms with Gasteiger partial charge in [-0.25, -0.2) is 0 Å². The van der Waals surface area contributed by atoms with Gasteiger partial charge in [-0.3, -0.25) is 24.2 Å². The molecule has 0 unspecified atom stereocenters. The summed E-state index contributed by atoms with van der Waals surface area (Å²) < 4.78 is 19.5. The highest BCUT2D eigenvalue weighted by Gasteiger charge is 2.66. The highest BCUT2D eigenvalue weighted by Crippen LogP contribution is 2.60. The fourth-order valence-corrected chi connectivity index (χ4v) is 12.5. The number of carbonyl (C=O) groups excluding carboxylic acids is 3. The lowest BCUT2D eigenvalue weighted by atomic mass is 9.82. The molecule has 2 N–H and O–H groups in total. The van der Waals surface area contributed by atoms with E-state index in [1.807, 2.05) is 123 Å². The molecule has 4 atom stereocenters. The molecule has 306 valence electrons. The molecule has 4 aliphatic heterocycles. The molecule has 4 heterocycles. The second-order valence-electron chi connectivity index (χ2n) is 16.5. The van der Waals surface area contributed by atoms with Crippen molar-refractivity contribution in [2.75, 3.05) is 21.3 Å². The van der Waals surface area contributed by atoms with Crippen molar-refractivity contribution in [2.24, 2.45) is 5.92 Å². The molecule has 3 amide bonds. The summed E-state index contributed by atoms with van der Waals surface area (Å²) in [5.74, 6) is 0.552. The highest BCUT2D eigenvalue weighted by atomic mass is 28.4. The molecule has 0 bridgehead atoms. The van der Waals surface area contributed by atoms with Crippen LogP contribution >= 0.6 is 0 Å². The van der Waals surface area contributed by atoms with Crippen LogP contribution in [0.5, 0.6) is 23.0 Å². The minimum atomic E-state index is -3.01. The van der Waals surface area contributed by atoms with Crippen LogP contribution in [0.15, 0.2) is 140 Å². The van der Waals surface area contributed by atoms with Gasteiger partial charge >= 0.3 is 0 Å². The van der Waals surface area contributed by atoms with Crippen LogP contribution < -0.4 is 24.2 Å². The highest BCUT2D eigenvalue weighted by molar-refractivity contribution is 6.71. The summed E-state index contributed by atoms with van der Waals surface area (Å²) in [5, 5.41) is 10.2. The van der Waals surface area contributed by atoms with E-state index in [2.05, 4.69) is 0 Å². The van der Waals surface area contributed by atoms with Crippen molar-refractivity contribution in [1.82, 2.24) is 0 Å². The van der Waals surface area contributed by atoms with Gasteiger partial charge < -0.3 is 29.0 Å². The fraction of sp³-hybridized carbons (Fsp3) is 0.204. The number of hydrogen-bond acceptors (Lipinski definition) is 8. The van der Waals surface area contributed by atoms with Crippen LogP contribution in [-0.2, 0) is 21.7 Å². The summed E-state index contributed by atoms with van der Waals surface area (Å²) in [5.41, 5.74) is 2.97. The number of aliphatic hydroxyl groups excluding tert-OH is 1. The Balaban J connectivity index is 1.10. The van der Waals surface area contributed by atoms with E-state index in [0.29, 0.717) is 68.1 Å². The molecule has 0 saturated carbocycles. The predicted octanol–water partition coefficient (Wildman–Crippen LogP) is 9.58. The summed E-state index contributed by atoms with van der Waals surface area (Å²) in [7, 11) is -3.01. The average molecular weight is 830 g/mol. The van der Waals surface area contributed by atoms with E-state index < -0.39 is 31.5 Å². The molecule has 11 nitrogen and oxygen atoms in total. The van der Waals surface area contributed by atoms with E-state index >= 15 is 4.79 Å². The maximum absolute atomic E-state index is 15.5. The number of fused-ring (bicyclic) bond motifs is 6. The molecule has 61 heavy (non-hydrogen) atoms. The van der Waals surface area contributed by atoms with E-state index in [9.17, 15) is 19.5 Å². The number of rotatable bonds is 7. The number of nitrogens with zero attached hydrogens (tertiary/aromatic N) is 3. The zero-order valence-corrected chi connectivity index (χ0v) is 34.8. The molecule has 6 aromatic rings. The van der Waals surface area contributed by atoms with E-state index in [1.54, 1.807) is 51.1 Å². The van der Waals surface area contributed by atoms with E-state index in [0.717, 1.165) is 5.56 Å². The van der Waals surface area contributed by atoms with Crippen molar-refractivity contribution in [3.05, 3.63) is 162 Å². The molecule has 1 spiro atoms. The van der Waals surface area contributed by atoms with Gasteiger partial charge in [0.1, 0.15) is 11.5 Å². The third-order valence-electron chi connectivity index (χ3n) is 12.4. The maximum atomic E-state index is 15.5. The van der Waals surface area contributed by atoms with Gasteiger partial charge in [0.25, 0.3) is 17.7 Å². The van der Waals surface area contributed by atoms with Crippen molar-refractivity contribution < 1.29 is 38.5 Å². The average Bonchev–Trinajstić information content (AvgIpc) is 3.56. The normalized spacial score (nSPS) is 21.5. The number of amides is 3. The van der Waals surface area contributed by atoms with Crippen LogP contribution in [0, 0.1) is 5.92 Å². The Kier molecular flexibility index (Phi) is 9.22. The number of ether oxygens (including phenoxy) is 3. The number of benzene rings is 6. The van der Waals surface area contributed by atoms with Gasteiger partial charge in [0.2, 0.25) is 0 Å². The summed E-state index contributed by atoms with van der Waals surface area (Å²) in [6.45, 7) is 5.58. The maximum Gasteiger partial charge on any atom is 0.266 e. The van der Waals surface area contributed by atoms with Crippen LogP contribution in [-0.4, -0.2) is 48.7 Å². The Bertz CT molecular complexity index is 2770. The summed E-state index contributed by atoms with van der Waals surface area (Å²) in [4.78, 5) is 61.1. The molecule has 1 fully saturated rings. The lowest BCUT2D eigenvalue weighted by molar-refractivity contribution is -0.146. The molecular weight excluding hydrogens is 787 g/mol. The Morgan fingerprint density at radius 2 is 1.18 bits per heavy atom. The third-order valence-corrected chi connectivity index (χ3v) is 14.9. The topological polar surface area (TPSA) is 129 Å². The molecular formula is C49H43N3O8Si. The molecule has 10 rings (SSSR count). The first-order valence-corrected chi connectivity index (χ1v) is 23.5. The van der Waals surface area contributed by atoms with Crippen LogP contribution in [0.1, 0.15) is 45.2 Å². The predicted molar refractivity (Wildman–Crippen MR) is 234 cm³/mol. The summed E-state index contributed by atoms with van der Waals surface area (Å²) in [6.07, 6.45) is -0.363. The van der Waals surface area contributed by atoms with E-state index in [4.69, 9.17) is 14.2 Å². The van der Waals surface area contributed by atoms with Crippen LogP contribution in [0.25, 0.3) is 0 Å². The molecule has 4 aliphatic rings. The van der Waals surface area contributed by atoms with Gasteiger partial charge in [0.05, 0.1) is 40.8 Å². The Morgan fingerprint density at radius 3 is 1.75 bits per heavy atom. The number of para-hydroxylation sites is 6. The Morgan fingerprint density at radius 1 is 0.639 bits per heavy atom. The van der Waals surface area contributed by atoms with Gasteiger partial charge in [0, 0.05) is 35.0 Å². The van der Waals surface area contributed by atoms with Gasteiger partial charge in [-0.15, -0.1) is 0 Å². The summed E-state index contributed by atoms with van der Waals surface area (Å²) >= 11 is 0. The third kappa shape index (κ3) is 6.08. The van der Waals surface area contributed by atoms with Crippen molar-refractivity contribution in [2.45, 2.75) is 50.2 Å². The minimum absolute atomic E-state index is 0.121. The summed E-state index contributed by atoms with van der Waals surface area (Å²) in [6, 6.07) is 42.1. The lowest BCUT2D eigenvalue weighted by Crippen LogP contribution is -2.46. The number of anilines is 5. The van der Waals surface area contributed by atoms with E-state index in [1.165, 1.54) is 0 Å². The van der Waals surface area contributed by atoms with Crippen LogP contribution in [0.3, 0.4) is 0 Å². The van der Waals surface area contributed by atoms with Crippen molar-refractivity contribution in [3.63, 3.8) is 0 Å². The van der Waals surface area contributed by atoms with Gasteiger partial charge in [-0.05, 0) is 104 Å². The smallest absolute Gasteiger partial charge is 0.266 e. The first-order valence-electron chi connectivity index (χ1n) is 20.5. The van der Waals surface area contributed by atoms with Crippen molar-refractivity contribution in [1.29, 1.82) is 0 Å². The first kappa shape index (κ1) is 38.6. The van der Waals surface area contributed by atoms with Crippen molar-refractivity contribution in [3.8, 4) is 23.0 Å². The van der Waals surface area contributed by atoms with Gasteiger partial charge in [-0.2, -0.15) is 0 Å². The van der Waals surface area contributed by atoms with Gasteiger partial charge in [-0.1, -0.05) is 67.6 Å². The number of aliphatic hydroxyl groups is 1. The SMILES string of the molecule is C[C@H]1[C@H]([Si](C)(C)O)[C@@H](CCO)O[C@]12C(=O)N(Cc1cccc(N3C(=O)c4ccccc4Oc4ccccc43)c1)c1ccc(N3C(=O)c4ccccc4Oc4ccccc43)cc12. The molecule has 6 aromatic carbocycles. The van der Waals surface area contributed by atoms with Crippen LogP contribution in [0.4, 0.5) is 28.4 Å². The molecule has 12 heteroatoms. The molecule has 1 saturated heterocycles. The second kappa shape index (κ2) is 14.6. The molecule has 0 aromatic heterocycles.